The van der Waals surface area contributed by atoms with Gasteiger partial charge in [-0.05, 0) is 35.9 Å². The number of rotatable bonds is 5. The molecular formula is C19H21FN2O3. The molecule has 2 aromatic carbocycles. The monoisotopic (exact) mass is 344 g/mol. The van der Waals surface area contributed by atoms with Crippen LogP contribution in [0, 0.1) is 5.82 Å². The Hall–Kier alpha value is -2.44. The Kier molecular flexibility index (Phi) is 5.63. The van der Waals surface area contributed by atoms with Crippen molar-refractivity contribution in [2.24, 2.45) is 0 Å². The molecule has 1 heterocycles. The zero-order valence-corrected chi connectivity index (χ0v) is 13.8. The molecule has 0 aromatic heterocycles. The molecule has 0 aliphatic carbocycles. The van der Waals surface area contributed by atoms with Gasteiger partial charge in [0.05, 0.1) is 19.3 Å². The van der Waals surface area contributed by atoms with Gasteiger partial charge < -0.3 is 20.1 Å². The zero-order chi connectivity index (χ0) is 17.6. The van der Waals surface area contributed by atoms with Gasteiger partial charge in [0.2, 0.25) is 0 Å². The summed E-state index contributed by atoms with van der Waals surface area (Å²) in [6.45, 7) is 3.20. The van der Waals surface area contributed by atoms with Crippen molar-refractivity contribution < 1.29 is 19.0 Å². The molecule has 6 heteroatoms. The van der Waals surface area contributed by atoms with Crippen molar-refractivity contribution in [2.45, 2.75) is 6.10 Å². The number of amides is 1. The number of nitrogens with zero attached hydrogens (tertiary/aromatic N) is 1. The van der Waals surface area contributed by atoms with Crippen LogP contribution in [0.3, 0.4) is 0 Å². The molecule has 25 heavy (non-hydrogen) atoms. The third-order valence-corrected chi connectivity index (χ3v) is 4.20. The number of ether oxygens (including phenoxy) is 1. The Morgan fingerprint density at radius 3 is 2.60 bits per heavy atom. The molecule has 3 rings (SSSR count). The summed E-state index contributed by atoms with van der Waals surface area (Å²) in [5.74, 6) is -0.879. The first-order valence-corrected chi connectivity index (χ1v) is 8.28. The first-order chi connectivity index (χ1) is 12.1. The maximum absolute atomic E-state index is 13.1. The minimum absolute atomic E-state index is 0.0618. The first kappa shape index (κ1) is 17.4. The molecule has 2 aromatic rings. The highest BCUT2D eigenvalue weighted by Crippen LogP contribution is 2.20. The zero-order valence-electron chi connectivity index (χ0n) is 13.8. The van der Waals surface area contributed by atoms with E-state index in [9.17, 15) is 14.3 Å². The van der Waals surface area contributed by atoms with Gasteiger partial charge in [0.1, 0.15) is 5.82 Å². The van der Waals surface area contributed by atoms with Gasteiger partial charge in [-0.15, -0.1) is 0 Å². The average molecular weight is 344 g/mol. The molecule has 1 aliphatic heterocycles. The van der Waals surface area contributed by atoms with E-state index < -0.39 is 17.8 Å². The molecule has 1 aliphatic rings. The number of carbonyl (C=O) groups is 1. The van der Waals surface area contributed by atoms with Crippen LogP contribution >= 0.6 is 0 Å². The Labute approximate surface area is 146 Å². The van der Waals surface area contributed by atoms with Crippen LogP contribution in [0.5, 0.6) is 0 Å². The number of nitrogens with one attached hydrogen (secondary N) is 1. The van der Waals surface area contributed by atoms with Crippen LogP contribution in [0.2, 0.25) is 0 Å². The largest absolute Gasteiger partial charge is 0.387 e. The fourth-order valence-electron chi connectivity index (χ4n) is 2.77. The fraction of sp³-hybridized carbons (Fsp3) is 0.316. The number of anilines is 1. The Balaban J connectivity index is 1.55. The van der Waals surface area contributed by atoms with E-state index in [1.165, 1.54) is 24.3 Å². The van der Waals surface area contributed by atoms with E-state index in [0.717, 1.165) is 37.6 Å². The lowest BCUT2D eigenvalue weighted by molar-refractivity contribution is 0.0916. The predicted molar refractivity (Wildman–Crippen MR) is 93.2 cm³/mol. The van der Waals surface area contributed by atoms with Crippen LogP contribution in [-0.4, -0.2) is 43.9 Å². The molecule has 0 spiro atoms. The van der Waals surface area contributed by atoms with Gasteiger partial charge in [-0.25, -0.2) is 4.39 Å². The number of aliphatic hydroxyl groups is 1. The Morgan fingerprint density at radius 2 is 1.92 bits per heavy atom. The topological polar surface area (TPSA) is 61.8 Å². The van der Waals surface area contributed by atoms with Gasteiger partial charge in [0, 0.05) is 30.9 Å². The van der Waals surface area contributed by atoms with Gasteiger partial charge in [0.15, 0.2) is 0 Å². The standard InChI is InChI=1S/C19H21FN2O3/c20-16-3-1-2-15(12-16)19(24)21-13-18(23)14-4-6-17(7-5-14)22-8-10-25-11-9-22/h1-7,12,18,23H,8-11,13H2,(H,21,24). The summed E-state index contributed by atoms with van der Waals surface area (Å²) in [7, 11) is 0. The van der Waals surface area contributed by atoms with E-state index in [0.29, 0.717) is 0 Å². The van der Waals surface area contributed by atoms with E-state index in [2.05, 4.69) is 10.2 Å². The van der Waals surface area contributed by atoms with Crippen molar-refractivity contribution in [3.63, 3.8) is 0 Å². The highest BCUT2D eigenvalue weighted by Gasteiger charge is 2.14. The highest BCUT2D eigenvalue weighted by molar-refractivity contribution is 5.94. The third-order valence-electron chi connectivity index (χ3n) is 4.20. The van der Waals surface area contributed by atoms with Gasteiger partial charge >= 0.3 is 0 Å². The SMILES string of the molecule is O=C(NCC(O)c1ccc(N2CCOCC2)cc1)c1cccc(F)c1. The van der Waals surface area contributed by atoms with Crippen LogP contribution in [0.25, 0.3) is 0 Å². The molecule has 132 valence electrons. The predicted octanol–water partition coefficient (Wildman–Crippen LogP) is 2.13. The van der Waals surface area contributed by atoms with Crippen LogP contribution in [0.15, 0.2) is 48.5 Å². The summed E-state index contributed by atoms with van der Waals surface area (Å²) >= 11 is 0. The van der Waals surface area contributed by atoms with Crippen molar-refractivity contribution in [3.8, 4) is 0 Å². The summed E-state index contributed by atoms with van der Waals surface area (Å²) in [5.41, 5.74) is 2.04. The second-order valence-corrected chi connectivity index (χ2v) is 5.93. The lowest BCUT2D eigenvalue weighted by Crippen LogP contribution is -2.36. The van der Waals surface area contributed by atoms with E-state index in [1.54, 1.807) is 0 Å². The molecule has 0 saturated carbocycles. The fourth-order valence-corrected chi connectivity index (χ4v) is 2.77. The summed E-state index contributed by atoms with van der Waals surface area (Å²) in [6, 6.07) is 13.1. The average Bonchev–Trinajstić information content (AvgIpc) is 2.66. The third kappa shape index (κ3) is 4.55. The second-order valence-electron chi connectivity index (χ2n) is 5.93. The van der Waals surface area contributed by atoms with Gasteiger partial charge in [-0.1, -0.05) is 18.2 Å². The molecule has 1 atom stereocenters. The number of hydrogen-bond acceptors (Lipinski definition) is 4. The lowest BCUT2D eigenvalue weighted by atomic mass is 10.1. The molecule has 0 radical (unpaired) electrons. The van der Waals surface area contributed by atoms with Crippen molar-refractivity contribution in [1.29, 1.82) is 0 Å². The number of carbonyl (C=O) groups excluding carboxylic acids is 1. The molecule has 1 unspecified atom stereocenters. The minimum Gasteiger partial charge on any atom is -0.387 e. The van der Waals surface area contributed by atoms with Crippen LogP contribution in [0.4, 0.5) is 10.1 Å². The normalized spacial score (nSPS) is 15.7. The summed E-state index contributed by atoms with van der Waals surface area (Å²) in [5, 5.41) is 12.9. The van der Waals surface area contributed by atoms with E-state index in [1.807, 2.05) is 24.3 Å². The quantitative estimate of drug-likeness (QED) is 0.872. The van der Waals surface area contributed by atoms with E-state index in [-0.39, 0.29) is 12.1 Å². The molecule has 5 nitrogen and oxygen atoms in total. The van der Waals surface area contributed by atoms with E-state index in [4.69, 9.17) is 4.74 Å². The second kappa shape index (κ2) is 8.09. The summed E-state index contributed by atoms with van der Waals surface area (Å²) < 4.78 is 18.5. The number of halogens is 1. The van der Waals surface area contributed by atoms with Gasteiger partial charge in [0.25, 0.3) is 5.91 Å². The van der Waals surface area contributed by atoms with Gasteiger partial charge in [-0.2, -0.15) is 0 Å². The van der Waals surface area contributed by atoms with Crippen LogP contribution in [-0.2, 0) is 4.74 Å². The molecule has 0 bridgehead atoms. The molecular weight excluding hydrogens is 323 g/mol. The molecule has 1 amide bonds. The maximum atomic E-state index is 13.1. The van der Waals surface area contributed by atoms with Crippen molar-refractivity contribution in [3.05, 3.63) is 65.5 Å². The Bertz CT molecular complexity index is 715. The van der Waals surface area contributed by atoms with Crippen molar-refractivity contribution >= 4 is 11.6 Å². The number of morpholine rings is 1. The van der Waals surface area contributed by atoms with Gasteiger partial charge in [-0.3, -0.25) is 4.79 Å². The summed E-state index contributed by atoms with van der Waals surface area (Å²) in [4.78, 5) is 14.2. The first-order valence-electron chi connectivity index (χ1n) is 8.28. The molecule has 1 fully saturated rings. The number of benzene rings is 2. The minimum atomic E-state index is -0.823. The van der Waals surface area contributed by atoms with Crippen LogP contribution < -0.4 is 10.2 Å². The Morgan fingerprint density at radius 1 is 1.20 bits per heavy atom. The smallest absolute Gasteiger partial charge is 0.251 e. The highest BCUT2D eigenvalue weighted by atomic mass is 19.1. The number of aliphatic hydroxyl groups excluding tert-OH is 1. The molecule has 2 N–H and O–H groups in total. The number of hydrogen-bond donors (Lipinski definition) is 2. The summed E-state index contributed by atoms with van der Waals surface area (Å²) in [6.07, 6.45) is -0.823. The lowest BCUT2D eigenvalue weighted by Gasteiger charge is -2.29. The maximum Gasteiger partial charge on any atom is 0.251 e. The molecule has 1 saturated heterocycles. The van der Waals surface area contributed by atoms with Crippen molar-refractivity contribution in [1.82, 2.24) is 5.32 Å². The van der Waals surface area contributed by atoms with Crippen molar-refractivity contribution in [2.75, 3.05) is 37.7 Å². The van der Waals surface area contributed by atoms with Crippen LogP contribution in [0.1, 0.15) is 22.0 Å². The van der Waals surface area contributed by atoms with E-state index >= 15 is 0 Å².